The quantitative estimate of drug-likeness (QED) is 0.765. The summed E-state index contributed by atoms with van der Waals surface area (Å²) in [6.45, 7) is 6.21. The third-order valence-corrected chi connectivity index (χ3v) is 2.78. The number of nitrogens with zero attached hydrogens (tertiary/aromatic N) is 1. The summed E-state index contributed by atoms with van der Waals surface area (Å²) in [5.41, 5.74) is -1.49. The van der Waals surface area contributed by atoms with Crippen molar-refractivity contribution in [2.45, 2.75) is 51.2 Å². The second-order valence-electron chi connectivity index (χ2n) is 5.70. The molecule has 0 aromatic carbocycles. The Hall–Kier alpha value is -0.810. The fourth-order valence-electron chi connectivity index (χ4n) is 2.01. The summed E-state index contributed by atoms with van der Waals surface area (Å²) in [4.78, 5) is 13.4. The Bertz CT molecular complexity index is 270. The molecule has 0 aromatic heterocycles. The Morgan fingerprint density at radius 1 is 1.47 bits per heavy atom. The SMILES string of the molecule is CC(C)(C)OC(=O)N1CCC[C@@](O)(CCO)C1. The molecule has 1 heterocycles. The monoisotopic (exact) mass is 245 g/mol. The highest BCUT2D eigenvalue weighted by atomic mass is 16.6. The van der Waals surface area contributed by atoms with Gasteiger partial charge in [0.1, 0.15) is 5.60 Å². The van der Waals surface area contributed by atoms with Crippen LogP contribution in [0, 0.1) is 0 Å². The van der Waals surface area contributed by atoms with Crippen LogP contribution in [0.15, 0.2) is 0 Å². The van der Waals surface area contributed by atoms with Gasteiger partial charge < -0.3 is 19.8 Å². The minimum absolute atomic E-state index is 0.0708. The maximum Gasteiger partial charge on any atom is 0.410 e. The molecular weight excluding hydrogens is 222 g/mol. The van der Waals surface area contributed by atoms with Crippen molar-refractivity contribution in [1.29, 1.82) is 0 Å². The fourth-order valence-corrected chi connectivity index (χ4v) is 2.01. The summed E-state index contributed by atoms with van der Waals surface area (Å²) in [7, 11) is 0. The molecule has 1 aliphatic heterocycles. The van der Waals surface area contributed by atoms with E-state index in [0.29, 0.717) is 19.4 Å². The molecule has 2 N–H and O–H groups in total. The average molecular weight is 245 g/mol. The number of hydrogen-bond donors (Lipinski definition) is 2. The number of amides is 1. The first kappa shape index (κ1) is 14.3. The molecule has 5 nitrogen and oxygen atoms in total. The highest BCUT2D eigenvalue weighted by Gasteiger charge is 2.36. The van der Waals surface area contributed by atoms with Gasteiger partial charge in [-0.1, -0.05) is 0 Å². The van der Waals surface area contributed by atoms with Crippen LogP contribution in [-0.2, 0) is 4.74 Å². The van der Waals surface area contributed by atoms with E-state index in [0.717, 1.165) is 6.42 Å². The van der Waals surface area contributed by atoms with Gasteiger partial charge >= 0.3 is 6.09 Å². The molecule has 17 heavy (non-hydrogen) atoms. The Morgan fingerprint density at radius 2 is 2.12 bits per heavy atom. The van der Waals surface area contributed by atoms with Crippen LogP contribution in [0.25, 0.3) is 0 Å². The van der Waals surface area contributed by atoms with E-state index >= 15 is 0 Å². The molecule has 0 unspecified atom stereocenters. The molecule has 1 aliphatic rings. The normalized spacial score (nSPS) is 25.8. The van der Waals surface area contributed by atoms with E-state index < -0.39 is 17.3 Å². The minimum Gasteiger partial charge on any atom is -0.444 e. The van der Waals surface area contributed by atoms with E-state index in [4.69, 9.17) is 9.84 Å². The molecular formula is C12H23NO4. The highest BCUT2D eigenvalue weighted by Crippen LogP contribution is 2.25. The van der Waals surface area contributed by atoms with Gasteiger partial charge in [-0.2, -0.15) is 0 Å². The topological polar surface area (TPSA) is 70.0 Å². The van der Waals surface area contributed by atoms with Crippen molar-refractivity contribution in [3.63, 3.8) is 0 Å². The number of hydrogen-bond acceptors (Lipinski definition) is 4. The predicted octanol–water partition coefficient (Wildman–Crippen LogP) is 1.13. The summed E-state index contributed by atoms with van der Waals surface area (Å²) >= 11 is 0. The third-order valence-electron chi connectivity index (χ3n) is 2.78. The van der Waals surface area contributed by atoms with Crippen molar-refractivity contribution in [2.75, 3.05) is 19.7 Å². The van der Waals surface area contributed by atoms with E-state index in [2.05, 4.69) is 0 Å². The van der Waals surface area contributed by atoms with Gasteiger partial charge in [-0.15, -0.1) is 0 Å². The van der Waals surface area contributed by atoms with Crippen molar-refractivity contribution in [2.24, 2.45) is 0 Å². The first-order valence-electron chi connectivity index (χ1n) is 6.07. The van der Waals surface area contributed by atoms with E-state index in [1.165, 1.54) is 4.90 Å². The van der Waals surface area contributed by atoms with Gasteiger partial charge in [0.25, 0.3) is 0 Å². The molecule has 1 atom stereocenters. The van der Waals surface area contributed by atoms with E-state index in [-0.39, 0.29) is 13.2 Å². The van der Waals surface area contributed by atoms with Crippen LogP contribution in [0.4, 0.5) is 4.79 Å². The summed E-state index contributed by atoms with van der Waals surface area (Å²) < 4.78 is 5.26. The average Bonchev–Trinajstić information content (AvgIpc) is 2.14. The first-order valence-corrected chi connectivity index (χ1v) is 6.07. The summed E-state index contributed by atoms with van der Waals surface area (Å²) in [5.74, 6) is 0. The smallest absolute Gasteiger partial charge is 0.410 e. The van der Waals surface area contributed by atoms with E-state index in [1.807, 2.05) is 20.8 Å². The first-order chi connectivity index (χ1) is 7.76. The second kappa shape index (κ2) is 5.23. The van der Waals surface area contributed by atoms with Gasteiger partial charge in [0.05, 0.1) is 12.1 Å². The number of β-amino-alcohol motifs (C(OH)–C–C–N with tert-alkyl or cyclic N) is 1. The molecule has 1 saturated heterocycles. The molecule has 0 radical (unpaired) electrons. The number of ether oxygens (including phenoxy) is 1. The highest BCUT2D eigenvalue weighted by molar-refractivity contribution is 5.68. The Labute approximate surface area is 102 Å². The van der Waals surface area contributed by atoms with Crippen molar-refractivity contribution < 1.29 is 19.7 Å². The fraction of sp³-hybridized carbons (Fsp3) is 0.917. The lowest BCUT2D eigenvalue weighted by atomic mass is 9.90. The number of carbonyl (C=O) groups is 1. The number of likely N-dealkylation sites (tertiary alicyclic amines) is 1. The molecule has 0 aliphatic carbocycles. The Kier molecular flexibility index (Phi) is 4.38. The van der Waals surface area contributed by atoms with Crippen LogP contribution in [0.3, 0.4) is 0 Å². The van der Waals surface area contributed by atoms with Gasteiger partial charge in [0.2, 0.25) is 0 Å². The standard InChI is InChI=1S/C12H23NO4/c1-11(2,3)17-10(15)13-7-4-5-12(16,9-13)6-8-14/h14,16H,4-9H2,1-3H3/t12-/m1/s1. The maximum absolute atomic E-state index is 11.8. The van der Waals surface area contributed by atoms with Crippen LogP contribution >= 0.6 is 0 Å². The number of piperidine rings is 1. The number of aliphatic hydroxyl groups excluding tert-OH is 1. The van der Waals surface area contributed by atoms with Crippen molar-refractivity contribution in [3.05, 3.63) is 0 Å². The molecule has 0 aromatic rings. The Morgan fingerprint density at radius 3 is 2.65 bits per heavy atom. The summed E-state index contributed by atoms with van der Waals surface area (Å²) in [6, 6.07) is 0. The van der Waals surface area contributed by atoms with Crippen molar-refractivity contribution in [3.8, 4) is 0 Å². The largest absolute Gasteiger partial charge is 0.444 e. The van der Waals surface area contributed by atoms with Crippen LogP contribution in [0.2, 0.25) is 0 Å². The number of rotatable bonds is 2. The van der Waals surface area contributed by atoms with Gasteiger partial charge in [-0.25, -0.2) is 4.79 Å². The van der Waals surface area contributed by atoms with Crippen LogP contribution in [0.1, 0.15) is 40.0 Å². The summed E-state index contributed by atoms with van der Waals surface area (Å²) in [5, 5.41) is 19.1. The molecule has 100 valence electrons. The van der Waals surface area contributed by atoms with E-state index in [9.17, 15) is 9.90 Å². The Balaban J connectivity index is 2.57. The van der Waals surface area contributed by atoms with Gasteiger partial charge in [0.15, 0.2) is 0 Å². The zero-order valence-electron chi connectivity index (χ0n) is 10.9. The van der Waals surface area contributed by atoms with Crippen molar-refractivity contribution in [1.82, 2.24) is 4.90 Å². The minimum atomic E-state index is -0.968. The van der Waals surface area contributed by atoms with Gasteiger partial charge in [-0.05, 0) is 33.6 Å². The maximum atomic E-state index is 11.8. The molecule has 0 spiro atoms. The molecule has 0 saturated carbocycles. The summed E-state index contributed by atoms with van der Waals surface area (Å²) in [6.07, 6.45) is 1.25. The predicted molar refractivity (Wildman–Crippen MR) is 63.7 cm³/mol. The number of carbonyl (C=O) groups excluding carboxylic acids is 1. The van der Waals surface area contributed by atoms with Crippen LogP contribution < -0.4 is 0 Å². The third kappa shape index (κ3) is 4.52. The molecule has 1 rings (SSSR count). The van der Waals surface area contributed by atoms with E-state index in [1.54, 1.807) is 0 Å². The van der Waals surface area contributed by atoms with Crippen LogP contribution in [-0.4, -0.2) is 52.1 Å². The lowest BCUT2D eigenvalue weighted by Crippen LogP contribution is -2.51. The second-order valence-corrected chi connectivity index (χ2v) is 5.70. The molecule has 1 amide bonds. The number of aliphatic hydroxyl groups is 2. The molecule has 0 bridgehead atoms. The zero-order valence-corrected chi connectivity index (χ0v) is 10.9. The lowest BCUT2D eigenvalue weighted by molar-refractivity contribution is -0.0538. The molecule has 1 fully saturated rings. The van der Waals surface area contributed by atoms with Crippen molar-refractivity contribution >= 4 is 6.09 Å². The van der Waals surface area contributed by atoms with Gasteiger partial charge in [-0.3, -0.25) is 0 Å². The lowest BCUT2D eigenvalue weighted by Gasteiger charge is -2.39. The van der Waals surface area contributed by atoms with Crippen LogP contribution in [0.5, 0.6) is 0 Å². The molecule has 5 heteroatoms. The zero-order chi connectivity index (χ0) is 13.1. The van der Waals surface area contributed by atoms with Gasteiger partial charge in [0, 0.05) is 19.6 Å².